The molecule has 0 aromatic heterocycles. The Morgan fingerprint density at radius 3 is 1.00 bits per heavy atom. The number of allylic oxidation sites excluding steroid dienone is 10. The van der Waals surface area contributed by atoms with Gasteiger partial charge < -0.3 is 14.2 Å². The van der Waals surface area contributed by atoms with Gasteiger partial charge in [-0.3, -0.25) is 14.4 Å². The largest absolute Gasteiger partial charge is 0.462 e. The van der Waals surface area contributed by atoms with E-state index in [9.17, 15) is 14.4 Å². The van der Waals surface area contributed by atoms with E-state index in [2.05, 4.69) is 81.5 Å². The molecule has 0 amide bonds. The maximum absolute atomic E-state index is 12.8. The van der Waals surface area contributed by atoms with Crippen molar-refractivity contribution < 1.29 is 28.6 Å². The Labute approximate surface area is 409 Å². The van der Waals surface area contributed by atoms with Gasteiger partial charge in [-0.1, -0.05) is 229 Å². The van der Waals surface area contributed by atoms with E-state index in [1.807, 2.05) is 0 Å². The molecule has 6 nitrogen and oxygen atoms in total. The molecule has 0 aliphatic carbocycles. The summed E-state index contributed by atoms with van der Waals surface area (Å²) in [6, 6.07) is 0. The molecule has 382 valence electrons. The van der Waals surface area contributed by atoms with Gasteiger partial charge in [0.2, 0.25) is 0 Å². The lowest BCUT2D eigenvalue weighted by atomic mass is 10.1. The van der Waals surface area contributed by atoms with Crippen molar-refractivity contribution in [1.29, 1.82) is 0 Å². The Bertz CT molecular complexity index is 1200. The van der Waals surface area contributed by atoms with Crippen LogP contribution in [-0.2, 0) is 28.6 Å². The zero-order chi connectivity index (χ0) is 47.9. The topological polar surface area (TPSA) is 78.9 Å². The van der Waals surface area contributed by atoms with Crippen molar-refractivity contribution in [3.05, 3.63) is 60.8 Å². The highest BCUT2D eigenvalue weighted by Crippen LogP contribution is 2.15. The Kier molecular flexibility index (Phi) is 52.3. The second-order valence-electron chi connectivity index (χ2n) is 18.8. The van der Waals surface area contributed by atoms with Crippen LogP contribution in [0.1, 0.15) is 284 Å². The van der Waals surface area contributed by atoms with Crippen molar-refractivity contribution in [3.8, 4) is 0 Å². The zero-order valence-corrected chi connectivity index (χ0v) is 43.7. The first-order valence-electron chi connectivity index (χ1n) is 28.3. The van der Waals surface area contributed by atoms with Crippen LogP contribution in [-0.4, -0.2) is 37.2 Å². The van der Waals surface area contributed by atoms with Crippen LogP contribution in [0.5, 0.6) is 0 Å². The Hall–Kier alpha value is -2.89. The second kappa shape index (κ2) is 54.7. The van der Waals surface area contributed by atoms with Gasteiger partial charge in [-0.2, -0.15) is 0 Å². The second-order valence-corrected chi connectivity index (χ2v) is 18.8. The van der Waals surface area contributed by atoms with Crippen LogP contribution < -0.4 is 0 Å². The fourth-order valence-corrected chi connectivity index (χ4v) is 7.98. The van der Waals surface area contributed by atoms with Gasteiger partial charge in [-0.05, 0) is 96.3 Å². The minimum atomic E-state index is -0.782. The molecule has 0 aromatic rings. The monoisotopic (exact) mass is 923 g/mol. The number of carbonyl (C=O) groups excluding carboxylic acids is 3. The first-order valence-corrected chi connectivity index (χ1v) is 28.3. The molecule has 0 aliphatic heterocycles. The van der Waals surface area contributed by atoms with Crippen LogP contribution in [0.2, 0.25) is 0 Å². The van der Waals surface area contributed by atoms with Crippen LogP contribution in [0, 0.1) is 0 Å². The summed E-state index contributed by atoms with van der Waals surface area (Å²) < 4.78 is 16.8. The fourth-order valence-electron chi connectivity index (χ4n) is 7.98. The van der Waals surface area contributed by atoms with E-state index in [0.717, 1.165) is 96.3 Å². The van der Waals surface area contributed by atoms with Gasteiger partial charge in [0.15, 0.2) is 6.10 Å². The predicted octanol–water partition coefficient (Wildman–Crippen LogP) is 18.8. The molecule has 0 saturated heterocycles. The summed E-state index contributed by atoms with van der Waals surface area (Å²) in [5, 5.41) is 0. The molecule has 6 heteroatoms. The highest BCUT2D eigenvalue weighted by molar-refractivity contribution is 5.71. The van der Waals surface area contributed by atoms with Crippen molar-refractivity contribution in [2.75, 3.05) is 13.2 Å². The molecule has 1 unspecified atom stereocenters. The average Bonchev–Trinajstić information content (AvgIpc) is 3.31. The first-order chi connectivity index (χ1) is 32.5. The van der Waals surface area contributed by atoms with Gasteiger partial charge in [0, 0.05) is 19.3 Å². The predicted molar refractivity (Wildman–Crippen MR) is 284 cm³/mol. The molecular weight excluding hydrogens is 817 g/mol. The van der Waals surface area contributed by atoms with Crippen molar-refractivity contribution in [2.24, 2.45) is 0 Å². The number of esters is 3. The first kappa shape index (κ1) is 63.1. The summed E-state index contributed by atoms with van der Waals surface area (Å²) in [6.07, 6.45) is 67.9. The number of rotatable bonds is 51. The van der Waals surface area contributed by atoms with E-state index in [1.165, 1.54) is 148 Å². The SMILES string of the molecule is CC/C=C\C/C=C\C/C=C\CCCCCCCCCC(=O)OC(COC(=O)CCCCCCC/C=C\CCC)COC(=O)CCCCCCCCCCC/C=C\CCCCCCCCCC. The number of carbonyl (C=O) groups is 3. The number of ether oxygens (including phenoxy) is 3. The van der Waals surface area contributed by atoms with Crippen molar-refractivity contribution in [1.82, 2.24) is 0 Å². The number of hydrogen-bond donors (Lipinski definition) is 0. The van der Waals surface area contributed by atoms with Gasteiger partial charge in [0.05, 0.1) is 0 Å². The van der Waals surface area contributed by atoms with E-state index < -0.39 is 6.10 Å². The molecular formula is C60H106O6. The van der Waals surface area contributed by atoms with Gasteiger partial charge in [0.25, 0.3) is 0 Å². The summed E-state index contributed by atoms with van der Waals surface area (Å²) in [5.74, 6) is -0.896. The van der Waals surface area contributed by atoms with Crippen LogP contribution in [0.25, 0.3) is 0 Å². The number of hydrogen-bond acceptors (Lipinski definition) is 6. The van der Waals surface area contributed by atoms with Crippen molar-refractivity contribution in [2.45, 2.75) is 290 Å². The minimum absolute atomic E-state index is 0.0812. The van der Waals surface area contributed by atoms with E-state index in [0.29, 0.717) is 19.3 Å². The van der Waals surface area contributed by atoms with Crippen LogP contribution in [0.3, 0.4) is 0 Å². The van der Waals surface area contributed by atoms with Gasteiger partial charge >= 0.3 is 17.9 Å². The molecule has 0 heterocycles. The quantitative estimate of drug-likeness (QED) is 0.0262. The summed E-state index contributed by atoms with van der Waals surface area (Å²) in [5.41, 5.74) is 0. The van der Waals surface area contributed by atoms with E-state index in [4.69, 9.17) is 14.2 Å². The summed E-state index contributed by atoms with van der Waals surface area (Å²) in [6.45, 7) is 6.47. The molecule has 0 spiro atoms. The maximum Gasteiger partial charge on any atom is 0.306 e. The lowest BCUT2D eigenvalue weighted by Crippen LogP contribution is -2.30. The lowest BCUT2D eigenvalue weighted by Gasteiger charge is -2.18. The summed E-state index contributed by atoms with van der Waals surface area (Å²) in [7, 11) is 0. The standard InChI is InChI=1S/C60H106O6/c1-4-7-10-13-16-19-22-24-26-28-29-30-31-33-34-36-38-41-44-47-50-53-59(62)65-56-57(55-64-58(61)52-49-46-43-40-21-18-15-12-9-6-3)66-60(63)54-51-48-45-42-39-37-35-32-27-25-23-20-17-14-11-8-5-2/h8,11-12,15,17,20,25,27-29,57H,4-7,9-10,13-14,16,18-19,21-24,26,30-56H2,1-3H3/b11-8-,15-12-,20-17-,27-25-,29-28-. The molecule has 66 heavy (non-hydrogen) atoms. The molecule has 1 atom stereocenters. The van der Waals surface area contributed by atoms with Crippen LogP contribution >= 0.6 is 0 Å². The highest BCUT2D eigenvalue weighted by Gasteiger charge is 2.19. The van der Waals surface area contributed by atoms with E-state index in [1.54, 1.807) is 0 Å². The van der Waals surface area contributed by atoms with Crippen LogP contribution in [0.15, 0.2) is 60.8 Å². The maximum atomic E-state index is 12.8. The fraction of sp³-hybridized carbons (Fsp3) is 0.783. The smallest absolute Gasteiger partial charge is 0.306 e. The van der Waals surface area contributed by atoms with Gasteiger partial charge in [-0.25, -0.2) is 0 Å². The van der Waals surface area contributed by atoms with Crippen LogP contribution in [0.4, 0.5) is 0 Å². The summed E-state index contributed by atoms with van der Waals surface area (Å²) in [4.78, 5) is 38.0. The molecule has 0 aromatic carbocycles. The zero-order valence-electron chi connectivity index (χ0n) is 43.7. The Morgan fingerprint density at radius 2 is 0.621 bits per heavy atom. The van der Waals surface area contributed by atoms with Gasteiger partial charge in [0.1, 0.15) is 13.2 Å². The Balaban J connectivity index is 4.29. The molecule has 0 saturated carbocycles. The highest BCUT2D eigenvalue weighted by atomic mass is 16.6. The Morgan fingerprint density at radius 1 is 0.318 bits per heavy atom. The van der Waals surface area contributed by atoms with Gasteiger partial charge in [-0.15, -0.1) is 0 Å². The third-order valence-electron chi connectivity index (χ3n) is 12.2. The molecule has 0 radical (unpaired) electrons. The summed E-state index contributed by atoms with van der Waals surface area (Å²) >= 11 is 0. The normalized spacial score (nSPS) is 12.5. The molecule has 0 rings (SSSR count). The average molecular weight is 924 g/mol. The molecule has 0 N–H and O–H groups in total. The van der Waals surface area contributed by atoms with Crippen molar-refractivity contribution in [3.63, 3.8) is 0 Å². The minimum Gasteiger partial charge on any atom is -0.462 e. The number of unbranched alkanes of at least 4 members (excludes halogenated alkanes) is 30. The third-order valence-corrected chi connectivity index (χ3v) is 12.2. The van der Waals surface area contributed by atoms with Crippen molar-refractivity contribution >= 4 is 17.9 Å². The van der Waals surface area contributed by atoms with E-state index >= 15 is 0 Å². The third kappa shape index (κ3) is 52.1. The molecule has 0 fully saturated rings. The lowest BCUT2D eigenvalue weighted by molar-refractivity contribution is -0.167. The molecule has 0 bridgehead atoms. The molecule has 0 aliphatic rings. The van der Waals surface area contributed by atoms with E-state index in [-0.39, 0.29) is 31.1 Å².